The third-order valence-electron chi connectivity index (χ3n) is 5.67. The van der Waals surface area contributed by atoms with Crippen molar-refractivity contribution in [3.8, 4) is 11.4 Å². The summed E-state index contributed by atoms with van der Waals surface area (Å²) in [6.07, 6.45) is 0. The molecule has 0 aliphatic rings. The summed E-state index contributed by atoms with van der Waals surface area (Å²) in [5, 5.41) is 14.4. The van der Waals surface area contributed by atoms with E-state index in [1.165, 1.54) is 36.4 Å². The molecule has 12 heteroatoms. The van der Waals surface area contributed by atoms with E-state index >= 15 is 0 Å². The Hall–Kier alpha value is -2.95. The van der Waals surface area contributed by atoms with Gasteiger partial charge in [-0.15, -0.1) is 0 Å². The van der Waals surface area contributed by atoms with Gasteiger partial charge < -0.3 is 19.5 Å². The molecule has 5 aromatic rings. The van der Waals surface area contributed by atoms with Crippen molar-refractivity contribution in [1.82, 2.24) is 19.5 Å². The second-order valence-electron chi connectivity index (χ2n) is 8.38. The normalized spacial score (nSPS) is 11.2. The molecule has 0 spiro atoms. The van der Waals surface area contributed by atoms with Gasteiger partial charge in [0.2, 0.25) is 5.95 Å². The van der Waals surface area contributed by atoms with Crippen LogP contribution in [0.15, 0.2) is 48.5 Å². The monoisotopic (exact) mass is 547 g/mol. The first-order chi connectivity index (χ1) is 17.1. The molecule has 182 valence electrons. The quantitative estimate of drug-likeness (QED) is 0.327. The molecule has 5 rings (SSSR count). The van der Waals surface area contributed by atoms with Crippen LogP contribution in [0.5, 0.6) is 0 Å². The SMILES string of the molecule is CC(C)n1c(NC(=O)c2cc(Cl)c3[nH]c(-c4c(F)cccc4Cl)nc3c2)nc2cc(C(=O)[O-])ccc21.[Na+]. The maximum Gasteiger partial charge on any atom is 1.00 e. The molecule has 0 atom stereocenters. The molecule has 0 saturated heterocycles. The molecule has 3 aromatic carbocycles. The van der Waals surface area contributed by atoms with E-state index in [2.05, 4.69) is 20.3 Å². The first-order valence-electron chi connectivity index (χ1n) is 10.8. The topological polar surface area (TPSA) is 116 Å². The number of aromatic amines is 1. The predicted molar refractivity (Wildman–Crippen MR) is 134 cm³/mol. The van der Waals surface area contributed by atoms with E-state index < -0.39 is 17.7 Å². The van der Waals surface area contributed by atoms with Crippen LogP contribution < -0.4 is 40.0 Å². The van der Waals surface area contributed by atoms with Crippen LogP contribution in [0.2, 0.25) is 10.0 Å². The van der Waals surface area contributed by atoms with Crippen molar-refractivity contribution < 1.29 is 48.6 Å². The fourth-order valence-corrected chi connectivity index (χ4v) is 4.57. The molecule has 0 bridgehead atoms. The van der Waals surface area contributed by atoms with Gasteiger partial charge in [0, 0.05) is 11.6 Å². The number of nitrogens with zero attached hydrogens (tertiary/aromatic N) is 3. The minimum atomic E-state index is -1.32. The molecule has 1 amide bonds. The number of rotatable bonds is 5. The third-order valence-corrected chi connectivity index (χ3v) is 6.29. The summed E-state index contributed by atoms with van der Waals surface area (Å²) in [7, 11) is 0. The van der Waals surface area contributed by atoms with Crippen molar-refractivity contribution in [2.75, 3.05) is 5.32 Å². The van der Waals surface area contributed by atoms with Gasteiger partial charge in [0.05, 0.1) is 43.6 Å². The maximum atomic E-state index is 14.4. The second-order valence-corrected chi connectivity index (χ2v) is 9.19. The van der Waals surface area contributed by atoms with Gasteiger partial charge in [-0.1, -0.05) is 35.3 Å². The number of H-pyrrole nitrogens is 1. The second kappa shape index (κ2) is 10.4. The molecule has 37 heavy (non-hydrogen) atoms. The van der Waals surface area contributed by atoms with Crippen molar-refractivity contribution in [3.63, 3.8) is 0 Å². The van der Waals surface area contributed by atoms with E-state index in [4.69, 9.17) is 23.2 Å². The summed E-state index contributed by atoms with van der Waals surface area (Å²) in [4.78, 5) is 36.2. The first-order valence-corrected chi connectivity index (χ1v) is 11.6. The van der Waals surface area contributed by atoms with Crippen molar-refractivity contribution in [2.24, 2.45) is 0 Å². The van der Waals surface area contributed by atoms with E-state index in [1.807, 2.05) is 13.8 Å². The zero-order valence-corrected chi connectivity index (χ0v) is 23.4. The number of hydrogen-bond donors (Lipinski definition) is 2. The molecular formula is C25H17Cl2FN5NaO3. The van der Waals surface area contributed by atoms with Crippen LogP contribution in [-0.4, -0.2) is 31.4 Å². The van der Waals surface area contributed by atoms with Crippen molar-refractivity contribution in [3.05, 3.63) is 75.5 Å². The van der Waals surface area contributed by atoms with Gasteiger partial charge in [-0.3, -0.25) is 10.1 Å². The Kier molecular flexibility index (Phi) is 7.64. The summed E-state index contributed by atoms with van der Waals surface area (Å²) in [6.45, 7) is 3.82. The van der Waals surface area contributed by atoms with Crippen molar-refractivity contribution in [1.29, 1.82) is 0 Å². The number of halogens is 3. The standard InChI is InChI=1S/C25H18Cl2FN5O3.Na/c1-11(2)33-19-7-6-12(24(35)36)9-17(19)30-25(33)32-23(34)13-8-15(27)21-18(10-13)29-22(31-21)20-14(26)4-3-5-16(20)28;/h3-11H,1-2H3,(H,29,31)(H,35,36)(H,30,32,34);/q;+1/p-1. The average Bonchev–Trinajstić information content (AvgIpc) is 3.39. The van der Waals surface area contributed by atoms with Crippen LogP contribution in [-0.2, 0) is 0 Å². The van der Waals surface area contributed by atoms with Gasteiger partial charge in [0.25, 0.3) is 5.91 Å². The number of carboxylic acid groups (broad SMARTS) is 1. The average molecular weight is 548 g/mol. The Morgan fingerprint density at radius 1 is 1.03 bits per heavy atom. The van der Waals surface area contributed by atoms with Gasteiger partial charge in [-0.2, -0.15) is 0 Å². The zero-order valence-electron chi connectivity index (χ0n) is 19.9. The van der Waals surface area contributed by atoms with Crippen LogP contribution in [0.1, 0.15) is 40.6 Å². The largest absolute Gasteiger partial charge is 1.00 e. The number of anilines is 1. The van der Waals surface area contributed by atoms with Gasteiger partial charge in [-0.25, -0.2) is 14.4 Å². The predicted octanol–water partition coefficient (Wildman–Crippen LogP) is 2.23. The number of aromatic nitrogens is 4. The Labute approximate surface area is 242 Å². The maximum absolute atomic E-state index is 14.4. The van der Waals surface area contributed by atoms with E-state index in [0.717, 1.165) is 0 Å². The molecule has 0 radical (unpaired) electrons. The summed E-state index contributed by atoms with van der Waals surface area (Å²) in [5.74, 6) is -1.97. The van der Waals surface area contributed by atoms with Crippen LogP contribution in [0.3, 0.4) is 0 Å². The molecule has 2 heterocycles. The minimum absolute atomic E-state index is 0. The number of amides is 1. The van der Waals surface area contributed by atoms with Crippen molar-refractivity contribution >= 4 is 63.1 Å². The molecule has 0 saturated carbocycles. The number of benzene rings is 3. The number of hydrogen-bond acceptors (Lipinski definition) is 5. The van der Waals surface area contributed by atoms with Crippen LogP contribution >= 0.6 is 23.2 Å². The van der Waals surface area contributed by atoms with E-state index in [1.54, 1.807) is 16.7 Å². The number of carboxylic acids is 1. The molecular weight excluding hydrogens is 531 g/mol. The van der Waals surface area contributed by atoms with Crippen LogP contribution in [0.25, 0.3) is 33.5 Å². The van der Waals surface area contributed by atoms with Gasteiger partial charge >= 0.3 is 29.6 Å². The summed E-state index contributed by atoms with van der Waals surface area (Å²) >= 11 is 12.6. The number of aromatic carboxylic acids is 1. The Morgan fingerprint density at radius 3 is 2.43 bits per heavy atom. The Balaban J connectivity index is 0.00000320. The Bertz CT molecular complexity index is 1680. The number of fused-ring (bicyclic) bond motifs is 2. The number of carbonyl (C=O) groups is 2. The molecule has 2 N–H and O–H groups in total. The molecule has 8 nitrogen and oxygen atoms in total. The minimum Gasteiger partial charge on any atom is -0.545 e. The molecule has 2 aromatic heterocycles. The van der Waals surface area contributed by atoms with Crippen LogP contribution in [0, 0.1) is 5.82 Å². The van der Waals surface area contributed by atoms with E-state index in [-0.39, 0.29) is 74.1 Å². The number of nitrogens with one attached hydrogen (secondary N) is 2. The zero-order chi connectivity index (χ0) is 25.7. The summed E-state index contributed by atoms with van der Waals surface area (Å²) < 4.78 is 16.2. The number of carbonyl (C=O) groups excluding carboxylic acids is 2. The Morgan fingerprint density at radius 2 is 1.76 bits per heavy atom. The van der Waals surface area contributed by atoms with Crippen LogP contribution in [0.4, 0.5) is 10.3 Å². The molecule has 0 aliphatic heterocycles. The fraction of sp³-hybridized carbons (Fsp3) is 0.120. The van der Waals surface area contributed by atoms with Gasteiger partial charge in [0.15, 0.2) is 0 Å². The van der Waals surface area contributed by atoms with Gasteiger partial charge in [0.1, 0.15) is 11.6 Å². The molecule has 0 aliphatic carbocycles. The van der Waals surface area contributed by atoms with Gasteiger partial charge in [-0.05, 0) is 55.8 Å². The summed E-state index contributed by atoms with van der Waals surface area (Å²) in [5.41, 5.74) is 2.09. The number of imidazole rings is 2. The van der Waals surface area contributed by atoms with Crippen molar-refractivity contribution in [2.45, 2.75) is 19.9 Å². The van der Waals surface area contributed by atoms with E-state index in [9.17, 15) is 19.1 Å². The first kappa shape index (κ1) is 27.1. The summed E-state index contributed by atoms with van der Waals surface area (Å²) in [6, 6.07) is 11.6. The molecule has 0 unspecified atom stereocenters. The third kappa shape index (κ3) is 4.97. The van der Waals surface area contributed by atoms with E-state index in [0.29, 0.717) is 22.1 Å². The molecule has 0 fully saturated rings. The smallest absolute Gasteiger partial charge is 0.545 e. The fourth-order valence-electron chi connectivity index (χ4n) is 4.05.